The number of hydrogen-bond acceptors (Lipinski definition) is 9. The molecule has 3 unspecified atom stereocenters. The largest absolute Gasteiger partial charge is 0.505 e. The standard InChI is InChI=1S/C25H29N7O2S/c1-2-29-24(27)19-7-8-28-15-17(14-26)21(19)30-31-22-18-6-4-3-5-16(18)13-20(23(22)33)25(34)32-9-11-35-12-10-32/h2-6,13,15,17,19,24,31,33H,7-12,27H2,1H3/b29-2?,30-21-. The maximum atomic E-state index is 13.3. The van der Waals surface area contributed by atoms with Crippen molar-refractivity contribution in [1.82, 2.24) is 4.90 Å². The molecular weight excluding hydrogens is 462 g/mol. The third kappa shape index (κ3) is 5.31. The van der Waals surface area contributed by atoms with Crippen LogP contribution in [0.25, 0.3) is 10.8 Å². The molecule has 0 bridgehead atoms. The Balaban J connectivity index is 1.78. The molecule has 0 aliphatic carbocycles. The number of carbonyl (C=O) groups is 1. The molecule has 0 radical (unpaired) electrons. The average Bonchev–Trinajstić information content (AvgIpc) is 3.10. The summed E-state index contributed by atoms with van der Waals surface area (Å²) >= 11 is 1.81. The van der Waals surface area contributed by atoms with Gasteiger partial charge in [0.1, 0.15) is 17.8 Å². The van der Waals surface area contributed by atoms with Crippen LogP contribution in [0.4, 0.5) is 5.69 Å². The van der Waals surface area contributed by atoms with E-state index in [-0.39, 0.29) is 23.1 Å². The summed E-state index contributed by atoms with van der Waals surface area (Å²) < 4.78 is 0. The molecule has 35 heavy (non-hydrogen) atoms. The molecule has 2 aliphatic rings. The van der Waals surface area contributed by atoms with E-state index in [1.165, 1.54) is 0 Å². The molecule has 1 amide bonds. The number of benzene rings is 2. The van der Waals surface area contributed by atoms with Gasteiger partial charge >= 0.3 is 0 Å². The molecule has 10 heteroatoms. The fraction of sp³-hybridized carbons (Fsp3) is 0.400. The Labute approximate surface area is 208 Å². The van der Waals surface area contributed by atoms with Crippen LogP contribution in [0.1, 0.15) is 23.7 Å². The second-order valence-corrected chi connectivity index (χ2v) is 9.60. The Kier molecular flexibility index (Phi) is 8.00. The van der Waals surface area contributed by atoms with E-state index in [9.17, 15) is 15.2 Å². The minimum Gasteiger partial charge on any atom is -0.505 e. The highest BCUT2D eigenvalue weighted by Crippen LogP contribution is 2.37. The SMILES string of the molecule is CC=NC(N)C1CCN=CC(C#N)/C1=N/Nc1c(O)c(C(=O)N2CCSCC2)cc2ccccc12. The number of aromatic hydroxyl groups is 1. The number of fused-ring (bicyclic) bond motifs is 1. The number of nitrogens with two attached hydrogens (primary N) is 1. The highest BCUT2D eigenvalue weighted by molar-refractivity contribution is 7.99. The first-order valence-corrected chi connectivity index (χ1v) is 12.8. The Hall–Kier alpha value is -3.42. The van der Waals surface area contributed by atoms with E-state index in [2.05, 4.69) is 26.6 Å². The normalized spacial score (nSPS) is 22.8. The summed E-state index contributed by atoms with van der Waals surface area (Å²) in [5.74, 6) is 0.375. The number of nitriles is 1. The summed E-state index contributed by atoms with van der Waals surface area (Å²) in [4.78, 5) is 23.7. The molecule has 2 aromatic rings. The van der Waals surface area contributed by atoms with E-state index in [4.69, 9.17) is 5.73 Å². The third-order valence-electron chi connectivity index (χ3n) is 6.24. The summed E-state index contributed by atoms with van der Waals surface area (Å²) in [7, 11) is 0. The lowest BCUT2D eigenvalue weighted by molar-refractivity contribution is 0.0769. The maximum Gasteiger partial charge on any atom is 0.257 e. The van der Waals surface area contributed by atoms with Crippen molar-refractivity contribution in [3.8, 4) is 11.8 Å². The molecule has 0 aromatic heterocycles. The van der Waals surface area contributed by atoms with Gasteiger partial charge in [-0.1, -0.05) is 24.3 Å². The number of thioether (sulfide) groups is 1. The van der Waals surface area contributed by atoms with Crippen LogP contribution in [0.5, 0.6) is 5.75 Å². The minimum atomic E-state index is -0.683. The van der Waals surface area contributed by atoms with Gasteiger partial charge in [0.2, 0.25) is 0 Å². The van der Waals surface area contributed by atoms with Gasteiger partial charge in [-0.05, 0) is 31.0 Å². The number of nitrogens with zero attached hydrogens (tertiary/aromatic N) is 5. The van der Waals surface area contributed by atoms with Crippen molar-refractivity contribution < 1.29 is 9.90 Å². The van der Waals surface area contributed by atoms with Crippen molar-refractivity contribution in [1.29, 1.82) is 5.26 Å². The molecule has 4 rings (SSSR count). The van der Waals surface area contributed by atoms with Gasteiger partial charge in [-0.3, -0.25) is 20.2 Å². The van der Waals surface area contributed by atoms with E-state index in [0.29, 0.717) is 42.8 Å². The number of carbonyl (C=O) groups excluding carboxylic acids is 1. The number of rotatable bonds is 5. The third-order valence-corrected chi connectivity index (χ3v) is 7.18. The number of hydrogen-bond donors (Lipinski definition) is 3. The molecule has 2 aliphatic heterocycles. The predicted octanol–water partition coefficient (Wildman–Crippen LogP) is 3.11. The lowest BCUT2D eigenvalue weighted by atomic mass is 9.89. The lowest BCUT2D eigenvalue weighted by Crippen LogP contribution is -2.38. The van der Waals surface area contributed by atoms with Crippen LogP contribution < -0.4 is 11.2 Å². The van der Waals surface area contributed by atoms with Gasteiger partial charge in [0.15, 0.2) is 5.75 Å². The molecule has 1 fully saturated rings. The Bertz CT molecular complexity index is 1210. The quantitative estimate of drug-likeness (QED) is 0.334. The van der Waals surface area contributed by atoms with Crippen molar-refractivity contribution in [3.63, 3.8) is 0 Å². The number of phenols is 1. The summed E-state index contributed by atoms with van der Waals surface area (Å²) in [5, 5.41) is 27.1. The maximum absolute atomic E-state index is 13.3. The molecule has 0 spiro atoms. The van der Waals surface area contributed by atoms with Gasteiger partial charge in [-0.2, -0.15) is 22.1 Å². The van der Waals surface area contributed by atoms with Crippen molar-refractivity contribution >= 4 is 52.3 Å². The zero-order chi connectivity index (χ0) is 24.8. The van der Waals surface area contributed by atoms with E-state index in [1.807, 2.05) is 36.0 Å². The van der Waals surface area contributed by atoms with E-state index < -0.39 is 12.1 Å². The average molecular weight is 492 g/mol. The van der Waals surface area contributed by atoms with Crippen LogP contribution in [-0.4, -0.2) is 71.4 Å². The van der Waals surface area contributed by atoms with Crippen LogP contribution in [0.2, 0.25) is 0 Å². The Morgan fingerprint density at radius 1 is 1.40 bits per heavy atom. The molecule has 0 saturated carbocycles. The van der Waals surface area contributed by atoms with Crippen LogP contribution in [0.3, 0.4) is 0 Å². The van der Waals surface area contributed by atoms with Gasteiger partial charge in [0.05, 0.1) is 17.3 Å². The predicted molar refractivity (Wildman–Crippen MR) is 143 cm³/mol. The zero-order valence-electron chi connectivity index (χ0n) is 19.6. The highest BCUT2D eigenvalue weighted by atomic mass is 32.2. The summed E-state index contributed by atoms with van der Waals surface area (Å²) in [6.07, 6.45) is 3.23. The van der Waals surface area contributed by atoms with E-state index in [1.54, 1.807) is 30.3 Å². The summed E-state index contributed by atoms with van der Waals surface area (Å²) in [6, 6.07) is 11.4. The number of phenolic OH excluding ortho intramolecular Hbond substituents is 1. The van der Waals surface area contributed by atoms with Crippen LogP contribution in [0.15, 0.2) is 45.4 Å². The number of hydrazone groups is 1. The summed E-state index contributed by atoms with van der Waals surface area (Å²) in [5.41, 5.74) is 10.3. The van der Waals surface area contributed by atoms with E-state index in [0.717, 1.165) is 16.9 Å². The lowest BCUT2D eigenvalue weighted by Gasteiger charge is -2.27. The second kappa shape index (κ2) is 11.3. The first kappa shape index (κ1) is 24.7. The van der Waals surface area contributed by atoms with Crippen LogP contribution in [-0.2, 0) is 0 Å². The van der Waals surface area contributed by atoms with Crippen LogP contribution in [0, 0.1) is 23.2 Å². The highest BCUT2D eigenvalue weighted by Gasteiger charge is 2.31. The molecule has 1 saturated heterocycles. The molecular formula is C25H29N7O2S. The van der Waals surface area contributed by atoms with Crippen molar-refractivity contribution in [3.05, 3.63) is 35.9 Å². The van der Waals surface area contributed by atoms with Gasteiger partial charge in [-0.15, -0.1) is 0 Å². The minimum absolute atomic E-state index is 0.167. The second-order valence-electron chi connectivity index (χ2n) is 8.38. The van der Waals surface area contributed by atoms with Gasteiger partial charge in [0, 0.05) is 48.7 Å². The fourth-order valence-electron chi connectivity index (χ4n) is 4.39. The number of nitrogens with one attached hydrogen (secondary N) is 1. The first-order valence-electron chi connectivity index (χ1n) is 11.6. The molecule has 182 valence electrons. The molecule has 2 aromatic carbocycles. The molecule has 2 heterocycles. The molecule has 3 atom stereocenters. The van der Waals surface area contributed by atoms with Crippen molar-refractivity contribution in [2.75, 3.05) is 36.6 Å². The summed E-state index contributed by atoms with van der Waals surface area (Å²) in [6.45, 7) is 3.59. The first-order chi connectivity index (χ1) is 17.0. The topological polar surface area (TPSA) is 139 Å². The molecule has 9 nitrogen and oxygen atoms in total. The number of amides is 1. The van der Waals surface area contributed by atoms with Crippen molar-refractivity contribution in [2.24, 2.45) is 32.7 Å². The smallest absolute Gasteiger partial charge is 0.257 e. The Morgan fingerprint density at radius 2 is 2.17 bits per heavy atom. The van der Waals surface area contributed by atoms with Crippen LogP contribution >= 0.6 is 11.8 Å². The number of aliphatic imine (C=N–C) groups is 2. The monoisotopic (exact) mass is 491 g/mol. The molecule has 4 N–H and O–H groups in total. The fourth-order valence-corrected chi connectivity index (χ4v) is 5.30. The van der Waals surface area contributed by atoms with Crippen molar-refractivity contribution in [2.45, 2.75) is 19.5 Å². The van der Waals surface area contributed by atoms with E-state index >= 15 is 0 Å². The Morgan fingerprint density at radius 3 is 2.91 bits per heavy atom. The van der Waals surface area contributed by atoms with Gasteiger partial charge in [0.25, 0.3) is 5.91 Å². The number of anilines is 1. The van der Waals surface area contributed by atoms with Gasteiger partial charge in [-0.25, -0.2) is 0 Å². The van der Waals surface area contributed by atoms with Gasteiger partial charge < -0.3 is 15.7 Å². The zero-order valence-corrected chi connectivity index (χ0v) is 20.4.